The highest BCUT2D eigenvalue weighted by Gasteiger charge is 2.32. The molecular formula is C29H28N2O5. The third-order valence-electron chi connectivity index (χ3n) is 7.03. The minimum atomic E-state index is -0.646. The maximum Gasteiger partial charge on any atom is 0.407 e. The Hall–Kier alpha value is -4.13. The highest BCUT2D eigenvalue weighted by molar-refractivity contribution is 5.84. The number of nitrogens with one attached hydrogen (secondary N) is 1. The number of ether oxygens (including phenoxy) is 2. The van der Waals surface area contributed by atoms with E-state index < -0.39 is 6.09 Å². The fourth-order valence-corrected chi connectivity index (χ4v) is 5.24. The summed E-state index contributed by atoms with van der Waals surface area (Å²) in [7, 11) is 1.34. The van der Waals surface area contributed by atoms with Crippen molar-refractivity contribution < 1.29 is 23.9 Å². The SMILES string of the molecule is COC(=O)CC1Cc2ccccc2CN1C(=O)CNC(=O)OCC1c2ccccc2-c2ccccc21. The van der Waals surface area contributed by atoms with Gasteiger partial charge in [-0.2, -0.15) is 0 Å². The number of amides is 2. The topological polar surface area (TPSA) is 84.9 Å². The summed E-state index contributed by atoms with van der Waals surface area (Å²) >= 11 is 0. The first-order valence-electron chi connectivity index (χ1n) is 12.1. The summed E-state index contributed by atoms with van der Waals surface area (Å²) in [5.74, 6) is -0.699. The van der Waals surface area contributed by atoms with Crippen molar-refractivity contribution in [3.8, 4) is 11.1 Å². The number of esters is 1. The minimum Gasteiger partial charge on any atom is -0.469 e. The van der Waals surface area contributed by atoms with Gasteiger partial charge < -0.3 is 19.7 Å². The van der Waals surface area contributed by atoms with Gasteiger partial charge in [0.2, 0.25) is 5.91 Å². The Morgan fingerprint density at radius 1 is 0.889 bits per heavy atom. The number of nitrogens with zero attached hydrogens (tertiary/aromatic N) is 1. The molecule has 0 aromatic heterocycles. The van der Waals surface area contributed by atoms with Crippen molar-refractivity contribution in [2.75, 3.05) is 20.3 Å². The Labute approximate surface area is 210 Å². The van der Waals surface area contributed by atoms with Crippen molar-refractivity contribution in [3.63, 3.8) is 0 Å². The number of carbonyl (C=O) groups is 3. The van der Waals surface area contributed by atoms with Crippen LogP contribution in [0, 0.1) is 0 Å². The highest BCUT2D eigenvalue weighted by atomic mass is 16.5. The van der Waals surface area contributed by atoms with Crippen molar-refractivity contribution in [2.45, 2.75) is 31.3 Å². The van der Waals surface area contributed by atoms with E-state index in [9.17, 15) is 14.4 Å². The molecule has 7 nitrogen and oxygen atoms in total. The van der Waals surface area contributed by atoms with Crippen molar-refractivity contribution in [2.24, 2.45) is 0 Å². The molecule has 0 fully saturated rings. The second-order valence-corrected chi connectivity index (χ2v) is 9.11. The predicted molar refractivity (Wildman–Crippen MR) is 134 cm³/mol. The van der Waals surface area contributed by atoms with Crippen LogP contribution in [-0.4, -0.2) is 49.2 Å². The van der Waals surface area contributed by atoms with E-state index in [1.54, 1.807) is 4.90 Å². The first-order valence-corrected chi connectivity index (χ1v) is 12.1. The lowest BCUT2D eigenvalue weighted by Crippen LogP contribution is -2.49. The van der Waals surface area contributed by atoms with Gasteiger partial charge >= 0.3 is 12.1 Å². The summed E-state index contributed by atoms with van der Waals surface area (Å²) in [5.41, 5.74) is 6.70. The van der Waals surface area contributed by atoms with E-state index in [0.29, 0.717) is 13.0 Å². The summed E-state index contributed by atoms with van der Waals surface area (Å²) < 4.78 is 10.4. The van der Waals surface area contributed by atoms with Crippen LogP contribution in [0.3, 0.4) is 0 Å². The third-order valence-corrected chi connectivity index (χ3v) is 7.03. The summed E-state index contributed by atoms with van der Waals surface area (Å²) in [6.07, 6.45) is 0.0101. The molecule has 0 spiro atoms. The molecule has 1 aliphatic heterocycles. The summed E-state index contributed by atoms with van der Waals surface area (Å²) in [6, 6.07) is 23.8. The number of hydrogen-bond donors (Lipinski definition) is 1. The van der Waals surface area contributed by atoms with Crippen LogP contribution in [0.4, 0.5) is 4.79 Å². The van der Waals surface area contributed by atoms with Crippen LogP contribution in [-0.2, 0) is 32.0 Å². The van der Waals surface area contributed by atoms with Gasteiger partial charge in [-0.1, -0.05) is 72.8 Å². The van der Waals surface area contributed by atoms with E-state index >= 15 is 0 Å². The van der Waals surface area contributed by atoms with Crippen molar-refractivity contribution in [1.29, 1.82) is 0 Å². The molecule has 1 N–H and O–H groups in total. The van der Waals surface area contributed by atoms with Crippen LogP contribution < -0.4 is 5.32 Å². The summed E-state index contributed by atoms with van der Waals surface area (Å²) in [6.45, 7) is 0.343. The molecule has 1 atom stereocenters. The fourth-order valence-electron chi connectivity index (χ4n) is 5.24. The van der Waals surface area contributed by atoms with Gasteiger partial charge in [0.25, 0.3) is 0 Å². The minimum absolute atomic E-state index is 0.0538. The second kappa shape index (κ2) is 10.2. The van der Waals surface area contributed by atoms with E-state index in [0.717, 1.165) is 33.4 Å². The van der Waals surface area contributed by atoms with E-state index in [2.05, 4.69) is 29.6 Å². The molecule has 1 unspecified atom stereocenters. The first kappa shape index (κ1) is 23.6. The fraction of sp³-hybridized carbons (Fsp3) is 0.276. The zero-order valence-electron chi connectivity index (χ0n) is 20.1. The van der Waals surface area contributed by atoms with Crippen LogP contribution >= 0.6 is 0 Å². The molecule has 184 valence electrons. The number of rotatable bonds is 6. The number of alkyl carbamates (subject to hydrolysis) is 1. The lowest BCUT2D eigenvalue weighted by Gasteiger charge is -2.36. The van der Waals surface area contributed by atoms with Crippen LogP contribution in [0.15, 0.2) is 72.8 Å². The number of carbonyl (C=O) groups excluding carboxylic acids is 3. The maximum absolute atomic E-state index is 13.1. The van der Waals surface area contributed by atoms with Gasteiger partial charge in [0.05, 0.1) is 13.5 Å². The molecule has 36 heavy (non-hydrogen) atoms. The Balaban J connectivity index is 1.21. The van der Waals surface area contributed by atoms with E-state index in [1.807, 2.05) is 48.5 Å². The molecule has 5 rings (SSSR count). The number of fused-ring (bicyclic) bond motifs is 4. The molecule has 3 aromatic carbocycles. The van der Waals surface area contributed by atoms with Gasteiger partial charge in [-0.05, 0) is 39.8 Å². The Morgan fingerprint density at radius 3 is 2.17 bits per heavy atom. The smallest absolute Gasteiger partial charge is 0.407 e. The Morgan fingerprint density at radius 2 is 1.50 bits per heavy atom. The average Bonchev–Trinajstić information content (AvgIpc) is 3.23. The van der Waals surface area contributed by atoms with E-state index in [4.69, 9.17) is 9.47 Å². The molecule has 0 bridgehead atoms. The van der Waals surface area contributed by atoms with Crippen LogP contribution in [0.1, 0.15) is 34.6 Å². The van der Waals surface area contributed by atoms with Gasteiger partial charge in [0, 0.05) is 18.5 Å². The van der Waals surface area contributed by atoms with Gasteiger partial charge in [-0.15, -0.1) is 0 Å². The Kier molecular flexibility index (Phi) is 6.71. The van der Waals surface area contributed by atoms with E-state index in [1.165, 1.54) is 7.11 Å². The second-order valence-electron chi connectivity index (χ2n) is 9.11. The normalized spacial score (nSPS) is 15.9. The number of methoxy groups -OCH3 is 1. The van der Waals surface area contributed by atoms with Gasteiger partial charge in [0.1, 0.15) is 13.2 Å². The predicted octanol–water partition coefficient (Wildman–Crippen LogP) is 4.04. The van der Waals surface area contributed by atoms with Crippen molar-refractivity contribution in [1.82, 2.24) is 10.2 Å². The monoisotopic (exact) mass is 484 g/mol. The van der Waals surface area contributed by atoms with Crippen LogP contribution in [0.5, 0.6) is 0 Å². The van der Waals surface area contributed by atoms with Crippen LogP contribution in [0.25, 0.3) is 11.1 Å². The lowest BCUT2D eigenvalue weighted by atomic mass is 9.92. The lowest BCUT2D eigenvalue weighted by molar-refractivity contribution is -0.144. The molecule has 7 heteroatoms. The molecule has 0 saturated carbocycles. The van der Waals surface area contributed by atoms with E-state index in [-0.39, 0.29) is 43.4 Å². The molecule has 0 radical (unpaired) electrons. The van der Waals surface area contributed by atoms with Gasteiger partial charge in [-0.25, -0.2) is 4.79 Å². The van der Waals surface area contributed by atoms with Crippen molar-refractivity contribution in [3.05, 3.63) is 95.1 Å². The zero-order chi connectivity index (χ0) is 25.1. The maximum atomic E-state index is 13.1. The molecule has 0 saturated heterocycles. The quantitative estimate of drug-likeness (QED) is 0.534. The summed E-state index contributed by atoms with van der Waals surface area (Å²) in [4.78, 5) is 39.2. The molecule has 1 aliphatic carbocycles. The largest absolute Gasteiger partial charge is 0.469 e. The molecular weight excluding hydrogens is 456 g/mol. The average molecular weight is 485 g/mol. The Bertz CT molecular complexity index is 1260. The summed E-state index contributed by atoms with van der Waals surface area (Å²) in [5, 5.41) is 2.59. The molecule has 2 amide bonds. The van der Waals surface area contributed by atoms with Gasteiger partial charge in [-0.3, -0.25) is 9.59 Å². The van der Waals surface area contributed by atoms with Crippen LogP contribution in [0.2, 0.25) is 0 Å². The molecule has 1 heterocycles. The third kappa shape index (κ3) is 4.69. The van der Waals surface area contributed by atoms with Crippen molar-refractivity contribution >= 4 is 18.0 Å². The molecule has 3 aromatic rings. The number of benzene rings is 3. The first-order chi connectivity index (χ1) is 17.5. The zero-order valence-corrected chi connectivity index (χ0v) is 20.1. The standard InChI is InChI=1S/C29H28N2O5/c1-35-28(33)15-21-14-19-8-2-3-9-20(19)17-31(21)27(32)16-30-29(34)36-18-26-24-12-6-4-10-22(24)23-11-5-7-13-25(23)26/h2-13,21,26H,14-18H2,1H3,(H,30,34). The highest BCUT2D eigenvalue weighted by Crippen LogP contribution is 2.44. The van der Waals surface area contributed by atoms with Gasteiger partial charge in [0.15, 0.2) is 0 Å². The number of hydrogen-bond acceptors (Lipinski definition) is 5. The molecule has 2 aliphatic rings.